The number of halogens is 1. The molecule has 0 spiro atoms. The van der Waals surface area contributed by atoms with Crippen molar-refractivity contribution in [2.45, 2.75) is 0 Å². The first-order chi connectivity index (χ1) is 7.95. The van der Waals surface area contributed by atoms with E-state index < -0.39 is 23.2 Å². The van der Waals surface area contributed by atoms with Crippen molar-refractivity contribution in [3.05, 3.63) is 32.3 Å². The Morgan fingerprint density at radius 1 is 1.59 bits per heavy atom. The van der Waals surface area contributed by atoms with Gasteiger partial charge >= 0.3 is 11.7 Å². The van der Waals surface area contributed by atoms with Crippen molar-refractivity contribution in [2.75, 3.05) is 6.61 Å². The van der Waals surface area contributed by atoms with E-state index in [0.29, 0.717) is 6.29 Å². The molecule has 1 aromatic carbocycles. The van der Waals surface area contributed by atoms with Gasteiger partial charge in [-0.3, -0.25) is 14.9 Å². The number of benzene rings is 1. The van der Waals surface area contributed by atoms with Gasteiger partial charge in [-0.15, -0.1) is 0 Å². The normalized spacial score (nSPS) is 9.71. The number of carbonyl (C=O) groups is 2. The van der Waals surface area contributed by atoms with Crippen LogP contribution in [0.2, 0.25) is 0 Å². The molecule has 7 nitrogen and oxygen atoms in total. The van der Waals surface area contributed by atoms with Crippen LogP contribution < -0.4 is 4.74 Å². The lowest BCUT2D eigenvalue weighted by atomic mass is 10.2. The first-order valence-corrected chi connectivity index (χ1v) is 5.02. The third-order valence-corrected chi connectivity index (χ3v) is 2.31. The van der Waals surface area contributed by atoms with Crippen LogP contribution in [0.15, 0.2) is 16.6 Å². The number of hydrogen-bond donors (Lipinski definition) is 1. The van der Waals surface area contributed by atoms with Crippen molar-refractivity contribution in [2.24, 2.45) is 0 Å². The highest BCUT2D eigenvalue weighted by Crippen LogP contribution is 2.35. The van der Waals surface area contributed by atoms with Crippen molar-refractivity contribution in [1.82, 2.24) is 0 Å². The average Bonchev–Trinajstić information content (AvgIpc) is 2.25. The van der Waals surface area contributed by atoms with E-state index in [-0.39, 0.29) is 15.8 Å². The van der Waals surface area contributed by atoms with E-state index in [9.17, 15) is 19.7 Å². The number of nitro benzene ring substituents is 1. The van der Waals surface area contributed by atoms with Gasteiger partial charge in [0.1, 0.15) is 6.29 Å². The molecule has 0 unspecified atom stereocenters. The van der Waals surface area contributed by atoms with E-state index in [2.05, 4.69) is 15.9 Å². The van der Waals surface area contributed by atoms with Gasteiger partial charge in [-0.1, -0.05) is 0 Å². The molecule has 1 aromatic rings. The lowest BCUT2D eigenvalue weighted by Crippen LogP contribution is -2.11. The highest BCUT2D eigenvalue weighted by atomic mass is 79.9. The zero-order chi connectivity index (χ0) is 13.0. The van der Waals surface area contributed by atoms with Crippen molar-refractivity contribution in [1.29, 1.82) is 0 Å². The molecule has 17 heavy (non-hydrogen) atoms. The maximum atomic E-state index is 10.7. The van der Waals surface area contributed by atoms with E-state index in [4.69, 9.17) is 9.84 Å². The Hall–Kier alpha value is -1.96. The third-order valence-electron chi connectivity index (χ3n) is 1.72. The lowest BCUT2D eigenvalue weighted by molar-refractivity contribution is -0.385. The Morgan fingerprint density at radius 3 is 2.71 bits per heavy atom. The van der Waals surface area contributed by atoms with Gasteiger partial charge in [0.25, 0.3) is 0 Å². The van der Waals surface area contributed by atoms with Crippen LogP contribution in [0.4, 0.5) is 5.69 Å². The van der Waals surface area contributed by atoms with E-state index in [0.717, 1.165) is 6.07 Å². The molecular formula is C9H6BrNO6. The predicted molar refractivity (Wildman–Crippen MR) is 59.3 cm³/mol. The lowest BCUT2D eigenvalue weighted by Gasteiger charge is -2.06. The van der Waals surface area contributed by atoms with Gasteiger partial charge in [0.15, 0.2) is 6.61 Å². The molecule has 0 atom stereocenters. The van der Waals surface area contributed by atoms with Gasteiger partial charge in [0.05, 0.1) is 9.40 Å². The summed E-state index contributed by atoms with van der Waals surface area (Å²) in [6.07, 6.45) is 0.443. The molecule has 0 radical (unpaired) electrons. The quantitative estimate of drug-likeness (QED) is 0.503. The second-order valence-electron chi connectivity index (χ2n) is 2.91. The number of aldehydes is 1. The molecule has 1 rings (SSSR count). The fraction of sp³-hybridized carbons (Fsp3) is 0.111. The van der Waals surface area contributed by atoms with Crippen molar-refractivity contribution >= 4 is 33.9 Å². The Labute approximate surface area is 103 Å². The highest BCUT2D eigenvalue weighted by molar-refractivity contribution is 9.10. The number of rotatable bonds is 5. The summed E-state index contributed by atoms with van der Waals surface area (Å²) in [5.74, 6) is -1.48. The molecule has 0 aliphatic rings. The second-order valence-corrected chi connectivity index (χ2v) is 3.76. The summed E-state index contributed by atoms with van der Waals surface area (Å²) >= 11 is 2.98. The summed E-state index contributed by atoms with van der Waals surface area (Å²) in [6, 6.07) is 2.31. The molecule has 0 aliphatic carbocycles. The van der Waals surface area contributed by atoms with Crippen molar-refractivity contribution in [3.8, 4) is 5.75 Å². The SMILES string of the molecule is O=Cc1cc(Br)c(OCC(=O)O)c([N+](=O)[O-])c1. The largest absolute Gasteiger partial charge is 0.479 e. The molecule has 0 aromatic heterocycles. The average molecular weight is 304 g/mol. The van der Waals surface area contributed by atoms with E-state index in [1.54, 1.807) is 0 Å². The fourth-order valence-electron chi connectivity index (χ4n) is 1.08. The summed E-state index contributed by atoms with van der Waals surface area (Å²) in [4.78, 5) is 30.8. The fourth-order valence-corrected chi connectivity index (χ4v) is 1.66. The Bertz CT molecular complexity index is 487. The van der Waals surface area contributed by atoms with Gasteiger partial charge in [0.2, 0.25) is 5.75 Å². The molecule has 0 saturated heterocycles. The van der Waals surface area contributed by atoms with Crippen LogP contribution in [0.5, 0.6) is 5.75 Å². The number of carboxylic acid groups (broad SMARTS) is 1. The summed E-state index contributed by atoms with van der Waals surface area (Å²) < 4.78 is 4.93. The van der Waals surface area contributed by atoms with E-state index >= 15 is 0 Å². The second kappa shape index (κ2) is 5.39. The first-order valence-electron chi connectivity index (χ1n) is 4.23. The molecule has 8 heteroatoms. The Kier molecular flexibility index (Phi) is 4.16. The molecule has 0 fully saturated rings. The molecule has 0 bridgehead atoms. The number of nitrogens with zero attached hydrogens (tertiary/aromatic N) is 1. The molecular weight excluding hydrogens is 298 g/mol. The minimum atomic E-state index is -1.26. The van der Waals surface area contributed by atoms with Crippen LogP contribution >= 0.6 is 15.9 Å². The van der Waals surface area contributed by atoms with Gasteiger partial charge < -0.3 is 9.84 Å². The maximum Gasteiger partial charge on any atom is 0.341 e. The number of ether oxygens (including phenoxy) is 1. The van der Waals surface area contributed by atoms with Crippen LogP contribution in [0, 0.1) is 10.1 Å². The van der Waals surface area contributed by atoms with Crippen LogP contribution in [-0.2, 0) is 4.79 Å². The topological polar surface area (TPSA) is 107 Å². The Balaban J connectivity index is 3.21. The van der Waals surface area contributed by atoms with E-state index in [1.165, 1.54) is 6.07 Å². The highest BCUT2D eigenvalue weighted by Gasteiger charge is 2.21. The van der Waals surface area contributed by atoms with Crippen LogP contribution in [0.1, 0.15) is 10.4 Å². The van der Waals surface area contributed by atoms with Gasteiger partial charge in [-0.25, -0.2) is 4.79 Å². The number of hydrogen-bond acceptors (Lipinski definition) is 5. The van der Waals surface area contributed by atoms with Crippen LogP contribution in [0.3, 0.4) is 0 Å². The maximum absolute atomic E-state index is 10.7. The summed E-state index contributed by atoms with van der Waals surface area (Å²) in [7, 11) is 0. The van der Waals surface area contributed by atoms with Crippen molar-refractivity contribution in [3.63, 3.8) is 0 Å². The molecule has 0 amide bonds. The molecule has 1 N–H and O–H groups in total. The third kappa shape index (κ3) is 3.25. The molecule has 0 aliphatic heterocycles. The minimum Gasteiger partial charge on any atom is -0.479 e. The van der Waals surface area contributed by atoms with Gasteiger partial charge in [0, 0.05) is 11.6 Å². The standard InChI is InChI=1S/C9H6BrNO6/c10-6-1-5(3-12)2-7(11(15)16)9(6)17-4-8(13)14/h1-3H,4H2,(H,13,14). The summed E-state index contributed by atoms with van der Waals surface area (Å²) in [6.45, 7) is -0.708. The van der Waals surface area contributed by atoms with Crippen molar-refractivity contribution < 1.29 is 24.4 Å². The smallest absolute Gasteiger partial charge is 0.341 e. The number of carbonyl (C=O) groups excluding carboxylic acids is 1. The van der Waals surface area contributed by atoms with E-state index in [1.807, 2.05) is 0 Å². The minimum absolute atomic E-state index is 0.0891. The number of carboxylic acids is 1. The van der Waals surface area contributed by atoms with Crippen LogP contribution in [0.25, 0.3) is 0 Å². The monoisotopic (exact) mass is 303 g/mol. The van der Waals surface area contributed by atoms with Gasteiger partial charge in [-0.05, 0) is 22.0 Å². The number of nitro groups is 1. The summed E-state index contributed by atoms with van der Waals surface area (Å²) in [5.41, 5.74) is -0.381. The van der Waals surface area contributed by atoms with Gasteiger partial charge in [-0.2, -0.15) is 0 Å². The molecule has 0 heterocycles. The number of aliphatic carboxylic acids is 1. The molecule has 0 saturated carbocycles. The molecule has 90 valence electrons. The Morgan fingerprint density at radius 2 is 2.24 bits per heavy atom. The summed E-state index contributed by atoms with van der Waals surface area (Å²) in [5, 5.41) is 19.2. The first kappa shape index (κ1) is 13.1. The van der Waals surface area contributed by atoms with Crippen LogP contribution in [-0.4, -0.2) is 28.9 Å². The zero-order valence-corrected chi connectivity index (χ0v) is 9.84. The predicted octanol–water partition coefficient (Wildman–Crippen LogP) is 1.63. The zero-order valence-electron chi connectivity index (χ0n) is 8.25.